The van der Waals surface area contributed by atoms with Gasteiger partial charge in [0.25, 0.3) is 5.69 Å². The second kappa shape index (κ2) is 5.66. The minimum Gasteiger partial charge on any atom is -0.378 e. The molecule has 0 atom stereocenters. The number of aromatic nitrogens is 1. The molecular formula is C12H12BrN3O2S. The highest BCUT2D eigenvalue weighted by molar-refractivity contribution is 9.10. The van der Waals surface area contributed by atoms with E-state index in [1.54, 1.807) is 30.4 Å². The number of rotatable bonds is 4. The first-order valence-corrected chi connectivity index (χ1v) is 7.24. The van der Waals surface area contributed by atoms with E-state index in [-0.39, 0.29) is 10.6 Å². The normalized spacial score (nSPS) is 10.5. The van der Waals surface area contributed by atoms with E-state index in [1.807, 2.05) is 12.3 Å². The Labute approximate surface area is 123 Å². The molecule has 100 valence electrons. The smallest absolute Gasteiger partial charge is 0.274 e. The number of nitrogens with zero attached hydrogens (tertiary/aromatic N) is 2. The van der Waals surface area contributed by atoms with Crippen molar-refractivity contribution in [2.75, 3.05) is 5.32 Å². The van der Waals surface area contributed by atoms with E-state index in [4.69, 9.17) is 0 Å². The standard InChI is InChI=1S/C12H12BrN3O2S/c1-7-3-10(13)11(4-12(7)16(17)18)14-5-9-6-19-8(2)15-9/h3-4,6,14H,5H2,1-2H3. The lowest BCUT2D eigenvalue weighted by Crippen LogP contribution is -2.02. The topological polar surface area (TPSA) is 68.1 Å². The van der Waals surface area contributed by atoms with E-state index in [1.165, 1.54) is 0 Å². The van der Waals surface area contributed by atoms with E-state index in [9.17, 15) is 10.1 Å². The molecule has 7 heteroatoms. The van der Waals surface area contributed by atoms with Crippen LogP contribution >= 0.6 is 27.3 Å². The Bertz CT molecular complexity index is 627. The summed E-state index contributed by atoms with van der Waals surface area (Å²) >= 11 is 4.99. The molecule has 0 saturated carbocycles. The monoisotopic (exact) mass is 341 g/mol. The van der Waals surface area contributed by atoms with Gasteiger partial charge in [0.1, 0.15) is 0 Å². The summed E-state index contributed by atoms with van der Waals surface area (Å²) < 4.78 is 0.808. The Morgan fingerprint density at radius 3 is 2.79 bits per heavy atom. The molecule has 19 heavy (non-hydrogen) atoms. The van der Waals surface area contributed by atoms with Gasteiger partial charge >= 0.3 is 0 Å². The number of anilines is 1. The Hall–Kier alpha value is -1.47. The molecule has 0 spiro atoms. The van der Waals surface area contributed by atoms with Gasteiger partial charge in [0.2, 0.25) is 0 Å². The van der Waals surface area contributed by atoms with Crippen LogP contribution in [-0.2, 0) is 6.54 Å². The zero-order valence-electron chi connectivity index (χ0n) is 10.4. The van der Waals surface area contributed by atoms with Crippen LogP contribution in [0.4, 0.5) is 11.4 Å². The number of nitro benzene ring substituents is 1. The lowest BCUT2D eigenvalue weighted by atomic mass is 10.2. The molecule has 1 aromatic carbocycles. The van der Waals surface area contributed by atoms with Crippen molar-refractivity contribution in [3.05, 3.63) is 48.4 Å². The number of aryl methyl sites for hydroxylation is 2. The SMILES string of the molecule is Cc1nc(CNc2cc([N+](=O)[O-])c(C)cc2Br)cs1. The lowest BCUT2D eigenvalue weighted by Gasteiger charge is -2.08. The van der Waals surface area contributed by atoms with Gasteiger partial charge in [0, 0.05) is 21.5 Å². The quantitative estimate of drug-likeness (QED) is 0.672. The van der Waals surface area contributed by atoms with Gasteiger partial charge in [-0.1, -0.05) is 0 Å². The summed E-state index contributed by atoms with van der Waals surface area (Å²) in [6.45, 7) is 4.21. The summed E-state index contributed by atoms with van der Waals surface area (Å²) in [5.74, 6) is 0. The Morgan fingerprint density at radius 2 is 2.21 bits per heavy atom. The molecule has 0 aliphatic heterocycles. The fourth-order valence-electron chi connectivity index (χ4n) is 1.67. The van der Waals surface area contributed by atoms with Crippen LogP contribution in [0.3, 0.4) is 0 Å². The second-order valence-corrected chi connectivity index (χ2v) is 6.00. The van der Waals surface area contributed by atoms with Crippen LogP contribution in [-0.4, -0.2) is 9.91 Å². The molecule has 1 heterocycles. The summed E-state index contributed by atoms with van der Waals surface area (Å²) in [7, 11) is 0. The summed E-state index contributed by atoms with van der Waals surface area (Å²) in [5.41, 5.74) is 2.37. The van der Waals surface area contributed by atoms with Crippen LogP contribution in [0.25, 0.3) is 0 Å². The maximum Gasteiger partial charge on any atom is 0.274 e. The van der Waals surface area contributed by atoms with E-state index in [0.717, 1.165) is 15.2 Å². The first kappa shape index (κ1) is 14.0. The minimum atomic E-state index is -0.375. The van der Waals surface area contributed by atoms with Gasteiger partial charge in [-0.3, -0.25) is 10.1 Å². The first-order valence-electron chi connectivity index (χ1n) is 5.57. The molecule has 5 nitrogen and oxygen atoms in total. The Morgan fingerprint density at radius 1 is 1.47 bits per heavy atom. The fourth-order valence-corrected chi connectivity index (χ4v) is 2.88. The van der Waals surface area contributed by atoms with Crippen LogP contribution < -0.4 is 5.32 Å². The Kier molecular flexibility index (Phi) is 4.16. The number of benzene rings is 1. The molecule has 0 bridgehead atoms. The number of hydrogen-bond donors (Lipinski definition) is 1. The number of nitrogens with one attached hydrogen (secondary N) is 1. The zero-order valence-corrected chi connectivity index (χ0v) is 12.8. The molecule has 0 saturated heterocycles. The molecule has 1 N–H and O–H groups in total. The minimum absolute atomic E-state index is 0.111. The molecule has 2 aromatic rings. The maximum absolute atomic E-state index is 10.9. The van der Waals surface area contributed by atoms with Crippen molar-refractivity contribution in [2.45, 2.75) is 20.4 Å². The van der Waals surface area contributed by atoms with Gasteiger partial charge in [-0.25, -0.2) is 4.98 Å². The third kappa shape index (κ3) is 3.30. The van der Waals surface area contributed by atoms with Crippen molar-refractivity contribution in [2.24, 2.45) is 0 Å². The predicted molar refractivity (Wildman–Crippen MR) is 79.7 cm³/mol. The highest BCUT2D eigenvalue weighted by atomic mass is 79.9. The van der Waals surface area contributed by atoms with Gasteiger partial charge in [-0.2, -0.15) is 0 Å². The summed E-state index contributed by atoms with van der Waals surface area (Å²) in [6.07, 6.45) is 0. The van der Waals surface area contributed by atoms with Crippen LogP contribution in [0.5, 0.6) is 0 Å². The zero-order chi connectivity index (χ0) is 14.0. The van der Waals surface area contributed by atoms with Crippen molar-refractivity contribution in [3.63, 3.8) is 0 Å². The molecule has 2 rings (SSSR count). The molecule has 0 unspecified atom stereocenters. The average molecular weight is 342 g/mol. The highest BCUT2D eigenvalue weighted by Crippen LogP contribution is 2.30. The molecule has 0 aliphatic rings. The van der Waals surface area contributed by atoms with Gasteiger partial charge < -0.3 is 5.32 Å². The second-order valence-electron chi connectivity index (χ2n) is 4.09. The Balaban J connectivity index is 2.20. The van der Waals surface area contributed by atoms with Gasteiger partial charge in [-0.15, -0.1) is 11.3 Å². The highest BCUT2D eigenvalue weighted by Gasteiger charge is 2.14. The van der Waals surface area contributed by atoms with Crippen molar-refractivity contribution in [1.82, 2.24) is 4.98 Å². The van der Waals surface area contributed by atoms with Crippen molar-refractivity contribution in [1.29, 1.82) is 0 Å². The third-order valence-electron chi connectivity index (χ3n) is 2.61. The predicted octanol–water partition coefficient (Wildman–Crippen LogP) is 4.04. The fraction of sp³-hybridized carbons (Fsp3) is 0.250. The van der Waals surface area contributed by atoms with Crippen molar-refractivity contribution >= 4 is 38.6 Å². The largest absolute Gasteiger partial charge is 0.378 e. The van der Waals surface area contributed by atoms with Gasteiger partial charge in [0.15, 0.2) is 0 Å². The molecule has 0 radical (unpaired) electrons. The number of hydrogen-bond acceptors (Lipinski definition) is 5. The summed E-state index contributed by atoms with van der Waals surface area (Å²) in [6, 6.07) is 3.28. The van der Waals surface area contributed by atoms with E-state index in [0.29, 0.717) is 17.8 Å². The van der Waals surface area contributed by atoms with Crippen LogP contribution in [0.2, 0.25) is 0 Å². The van der Waals surface area contributed by atoms with E-state index >= 15 is 0 Å². The molecule has 0 amide bonds. The maximum atomic E-state index is 10.9. The van der Waals surface area contributed by atoms with Gasteiger partial charge in [-0.05, 0) is 35.8 Å². The third-order valence-corrected chi connectivity index (χ3v) is 4.09. The van der Waals surface area contributed by atoms with Crippen molar-refractivity contribution in [3.8, 4) is 0 Å². The van der Waals surface area contributed by atoms with E-state index in [2.05, 4.69) is 26.2 Å². The lowest BCUT2D eigenvalue weighted by molar-refractivity contribution is -0.385. The first-order chi connectivity index (χ1) is 8.97. The number of nitro groups is 1. The molecular weight excluding hydrogens is 330 g/mol. The van der Waals surface area contributed by atoms with Crippen LogP contribution in [0, 0.1) is 24.0 Å². The molecule has 1 aromatic heterocycles. The molecule has 0 fully saturated rings. The summed E-state index contributed by atoms with van der Waals surface area (Å²) in [5, 5.41) is 17.0. The van der Waals surface area contributed by atoms with Crippen molar-refractivity contribution < 1.29 is 4.92 Å². The van der Waals surface area contributed by atoms with Crippen LogP contribution in [0.15, 0.2) is 22.0 Å². The van der Waals surface area contributed by atoms with E-state index < -0.39 is 0 Å². The summed E-state index contributed by atoms with van der Waals surface area (Å²) in [4.78, 5) is 14.9. The molecule has 0 aliphatic carbocycles. The number of halogens is 1. The average Bonchev–Trinajstić information content (AvgIpc) is 2.73. The van der Waals surface area contributed by atoms with Crippen LogP contribution in [0.1, 0.15) is 16.3 Å². The van der Waals surface area contributed by atoms with Gasteiger partial charge in [0.05, 0.1) is 27.9 Å². The number of thiazole rings is 1.